The van der Waals surface area contributed by atoms with Crippen molar-refractivity contribution in [1.29, 1.82) is 0 Å². The highest BCUT2D eigenvalue weighted by Crippen LogP contribution is 2.38. The fourth-order valence-corrected chi connectivity index (χ4v) is 3.56. The number of fused-ring (bicyclic) bond motifs is 3. The predicted molar refractivity (Wildman–Crippen MR) is 94.1 cm³/mol. The number of methoxy groups -OCH3 is 2. The lowest BCUT2D eigenvalue weighted by molar-refractivity contribution is -0.137. The van der Waals surface area contributed by atoms with Crippen LogP contribution in [0.1, 0.15) is 28.4 Å². The molecule has 0 amide bonds. The number of hydrogen-bond donors (Lipinski definition) is 2. The van der Waals surface area contributed by atoms with E-state index in [9.17, 15) is 13.2 Å². The molecule has 1 aliphatic heterocycles. The molecule has 0 saturated heterocycles. The first-order valence-corrected chi connectivity index (χ1v) is 8.43. The Hall–Kier alpha value is -2.85. The van der Waals surface area contributed by atoms with Crippen molar-refractivity contribution in [3.05, 3.63) is 58.8 Å². The van der Waals surface area contributed by atoms with Crippen LogP contribution < -0.4 is 14.8 Å². The summed E-state index contributed by atoms with van der Waals surface area (Å²) in [5.74, 6) is 0.972. The number of rotatable bonds is 3. The summed E-state index contributed by atoms with van der Waals surface area (Å²) in [7, 11) is 3.06. The number of halogens is 3. The molecule has 0 aliphatic carbocycles. The Balaban J connectivity index is 1.82. The summed E-state index contributed by atoms with van der Waals surface area (Å²) >= 11 is 0. The van der Waals surface area contributed by atoms with E-state index >= 15 is 0 Å². The van der Waals surface area contributed by atoms with Gasteiger partial charge in [-0.15, -0.1) is 0 Å². The molecule has 2 N–H and O–H groups in total. The Morgan fingerprint density at radius 3 is 2.63 bits per heavy atom. The van der Waals surface area contributed by atoms with Crippen LogP contribution in [-0.2, 0) is 12.6 Å². The summed E-state index contributed by atoms with van der Waals surface area (Å²) in [6.45, 7) is 0.642. The van der Waals surface area contributed by atoms with Crippen molar-refractivity contribution in [2.45, 2.75) is 18.6 Å². The fourth-order valence-electron chi connectivity index (χ4n) is 3.56. The van der Waals surface area contributed by atoms with E-state index in [1.165, 1.54) is 26.4 Å². The van der Waals surface area contributed by atoms with E-state index in [1.54, 1.807) is 6.07 Å². The fraction of sp³-hybridized carbons (Fsp3) is 0.300. The van der Waals surface area contributed by atoms with Crippen molar-refractivity contribution >= 4 is 10.9 Å². The van der Waals surface area contributed by atoms with Gasteiger partial charge in [-0.05, 0) is 42.3 Å². The monoisotopic (exact) mass is 374 g/mol. The van der Waals surface area contributed by atoms with Gasteiger partial charge in [-0.3, -0.25) is 0 Å². The number of alkyl halides is 3. The molecule has 1 aromatic heterocycles. The van der Waals surface area contributed by atoms with Gasteiger partial charge in [0.05, 0.1) is 25.8 Å². The van der Waals surface area contributed by atoms with Gasteiger partial charge in [0.15, 0.2) is 5.75 Å². The number of ether oxygens (including phenoxy) is 2. The van der Waals surface area contributed by atoms with E-state index in [0.717, 1.165) is 22.9 Å². The van der Waals surface area contributed by atoms with Crippen molar-refractivity contribution in [2.75, 3.05) is 20.8 Å². The largest absolute Gasteiger partial charge is 0.492 e. The van der Waals surface area contributed by atoms with Gasteiger partial charge in [-0.2, -0.15) is 13.2 Å². The number of H-pyrrole nitrogens is 1. The summed E-state index contributed by atoms with van der Waals surface area (Å²) in [4.78, 5) is 3.27. The molecule has 4 rings (SSSR count). The maximum absolute atomic E-state index is 13.1. The van der Waals surface area contributed by atoms with Crippen LogP contribution in [0.15, 0.2) is 24.3 Å². The number of nitrogens with one attached hydrogen (secondary N) is 2. The first-order chi connectivity index (χ1) is 12.9. The maximum atomic E-state index is 13.1. The number of aromatic nitrogens is 1. The van der Waals surface area contributed by atoms with Crippen molar-refractivity contribution < 1.29 is 22.6 Å². The molecular formula is C20H17F3N2O2. The minimum absolute atomic E-state index is 0.244. The van der Waals surface area contributed by atoms with Gasteiger partial charge in [-0.25, -0.2) is 0 Å². The zero-order valence-electron chi connectivity index (χ0n) is 14.8. The molecule has 27 heavy (non-hydrogen) atoms. The van der Waals surface area contributed by atoms with Crippen LogP contribution in [-0.4, -0.2) is 25.7 Å². The molecule has 1 unspecified atom stereocenters. The molecule has 1 aliphatic rings. The first kappa shape index (κ1) is 17.6. The average molecular weight is 374 g/mol. The molecule has 4 nitrogen and oxygen atoms in total. The van der Waals surface area contributed by atoms with Crippen molar-refractivity contribution in [3.8, 4) is 11.5 Å². The first-order valence-electron chi connectivity index (χ1n) is 8.43. The van der Waals surface area contributed by atoms with Gasteiger partial charge < -0.3 is 19.8 Å². The van der Waals surface area contributed by atoms with E-state index < -0.39 is 11.7 Å². The lowest BCUT2D eigenvalue weighted by Gasteiger charge is -2.24. The maximum Gasteiger partial charge on any atom is 0.416 e. The van der Waals surface area contributed by atoms with Crippen LogP contribution in [0.5, 0.6) is 11.5 Å². The lowest BCUT2D eigenvalue weighted by atomic mass is 9.94. The zero-order chi connectivity index (χ0) is 19.2. The molecule has 0 bridgehead atoms. The van der Waals surface area contributed by atoms with Crippen LogP contribution in [0.3, 0.4) is 0 Å². The highest BCUT2D eigenvalue weighted by molar-refractivity contribution is 5.86. The predicted octanol–water partition coefficient (Wildman–Crippen LogP) is 4.04. The van der Waals surface area contributed by atoms with Crippen molar-refractivity contribution in [1.82, 2.24) is 10.3 Å². The summed E-state index contributed by atoms with van der Waals surface area (Å²) in [5, 5.41) is 3.99. The molecule has 2 heterocycles. The molecular weight excluding hydrogens is 357 g/mol. The van der Waals surface area contributed by atoms with Crippen LogP contribution in [0.25, 0.3) is 10.9 Å². The van der Waals surface area contributed by atoms with Gasteiger partial charge in [0, 0.05) is 28.7 Å². The van der Waals surface area contributed by atoms with E-state index in [0.29, 0.717) is 35.4 Å². The molecule has 7 heteroatoms. The third kappa shape index (κ3) is 2.96. The van der Waals surface area contributed by atoms with Gasteiger partial charge >= 0.3 is 6.18 Å². The molecule has 1 atom stereocenters. The number of hydrogen-bond acceptors (Lipinski definition) is 3. The van der Waals surface area contributed by atoms with E-state index in [1.807, 2.05) is 0 Å². The van der Waals surface area contributed by atoms with E-state index in [2.05, 4.69) is 22.4 Å². The standard InChI is InChI=1S/C20H17F3N2O2/c1-26-16-6-3-11(9-17(16)27-2)18-19-13(7-8-24-18)14-10-12(20(21,22)23)4-5-15(14)25-19/h4-5,9-10,18,24-25H,7-8H2,1-2H3. The third-order valence-corrected chi connectivity index (χ3v) is 4.84. The van der Waals surface area contributed by atoms with Gasteiger partial charge in [0.2, 0.25) is 5.75 Å². The minimum Gasteiger partial charge on any atom is -0.492 e. The molecule has 0 radical (unpaired) electrons. The summed E-state index contributed by atoms with van der Waals surface area (Å²) in [5.41, 5.74) is 2.55. The quantitative estimate of drug-likeness (QED) is 0.727. The molecule has 0 fully saturated rings. The zero-order valence-corrected chi connectivity index (χ0v) is 14.8. The van der Waals surface area contributed by atoms with Crippen molar-refractivity contribution in [2.24, 2.45) is 0 Å². The van der Waals surface area contributed by atoms with Crippen molar-refractivity contribution in [3.63, 3.8) is 0 Å². The highest BCUT2D eigenvalue weighted by atomic mass is 19.4. The Kier molecular flexibility index (Phi) is 4.16. The molecule has 2 aromatic carbocycles. The second kappa shape index (κ2) is 6.39. The van der Waals surface area contributed by atoms with Crippen LogP contribution in [0.2, 0.25) is 0 Å². The highest BCUT2D eigenvalue weighted by Gasteiger charge is 2.32. The minimum atomic E-state index is -4.36. The lowest BCUT2D eigenvalue weighted by Crippen LogP contribution is -2.30. The summed E-state index contributed by atoms with van der Waals surface area (Å²) < 4.78 is 49.8. The molecule has 140 valence electrons. The summed E-state index contributed by atoms with van der Waals surface area (Å²) in [6.07, 6.45) is -3.72. The van der Waals surface area contributed by atoms with E-state index in [4.69, 9.17) is 9.47 Å². The third-order valence-electron chi connectivity index (χ3n) is 4.84. The van der Waals surface area contributed by atoms with Gasteiger partial charge in [-0.1, -0.05) is 6.07 Å². The molecule has 3 aromatic rings. The van der Waals surface area contributed by atoms with E-state index in [-0.39, 0.29) is 6.04 Å². The Morgan fingerprint density at radius 1 is 1.11 bits per heavy atom. The van der Waals surface area contributed by atoms with Crippen LogP contribution >= 0.6 is 0 Å². The second-order valence-electron chi connectivity index (χ2n) is 6.36. The second-order valence-corrected chi connectivity index (χ2v) is 6.36. The molecule has 0 saturated carbocycles. The number of aromatic amines is 1. The average Bonchev–Trinajstić information content (AvgIpc) is 3.04. The smallest absolute Gasteiger partial charge is 0.416 e. The van der Waals surface area contributed by atoms with Crippen LogP contribution in [0, 0.1) is 12.1 Å². The normalized spacial score (nSPS) is 16.7. The SMILES string of the molecule is COc1c#cc(C2NCCc3c2[nH]c2ccc(C(F)(F)F)cc32)cc1OC. The van der Waals surface area contributed by atoms with Crippen LogP contribution in [0.4, 0.5) is 13.2 Å². The molecule has 0 spiro atoms. The van der Waals surface area contributed by atoms with Gasteiger partial charge in [0.25, 0.3) is 0 Å². The number of benzene rings is 1. The topological polar surface area (TPSA) is 46.3 Å². The Labute approximate surface area is 154 Å². The van der Waals surface area contributed by atoms with Gasteiger partial charge in [0.1, 0.15) is 0 Å². The Bertz CT molecular complexity index is 995. The Morgan fingerprint density at radius 2 is 1.93 bits per heavy atom. The summed E-state index contributed by atoms with van der Waals surface area (Å²) in [6, 6.07) is 11.3.